The number of halogens is 2. The molecule has 7 heteroatoms. The maximum Gasteiger partial charge on any atom is 0.410 e. The predicted molar refractivity (Wildman–Crippen MR) is 111 cm³/mol. The second kappa shape index (κ2) is 8.74. The van der Waals surface area contributed by atoms with Crippen molar-refractivity contribution in [3.8, 4) is 0 Å². The van der Waals surface area contributed by atoms with Gasteiger partial charge in [-0.25, -0.2) is 9.18 Å². The highest BCUT2D eigenvalue weighted by atomic mass is 35.5. The van der Waals surface area contributed by atoms with Gasteiger partial charge in [-0.15, -0.1) is 0 Å². The van der Waals surface area contributed by atoms with Crippen LogP contribution in [0.4, 0.5) is 9.18 Å². The Bertz CT molecular complexity index is 808. The van der Waals surface area contributed by atoms with Crippen molar-refractivity contribution in [1.82, 2.24) is 4.90 Å². The fourth-order valence-corrected chi connectivity index (χ4v) is 2.98. The Morgan fingerprint density at radius 3 is 2.41 bits per heavy atom. The number of hydrogen-bond acceptors (Lipinski definition) is 4. The van der Waals surface area contributed by atoms with Crippen LogP contribution in [-0.4, -0.2) is 42.3 Å². The minimum Gasteiger partial charge on any atom is -0.465 e. The number of amides is 1. The molecule has 0 aliphatic carbocycles. The molecule has 0 aromatic heterocycles. The highest BCUT2D eigenvalue weighted by Crippen LogP contribution is 2.32. The van der Waals surface area contributed by atoms with Gasteiger partial charge in [-0.05, 0) is 49.5 Å². The van der Waals surface area contributed by atoms with E-state index in [2.05, 4.69) is 0 Å². The van der Waals surface area contributed by atoms with Gasteiger partial charge in [0, 0.05) is 13.1 Å². The van der Waals surface area contributed by atoms with Gasteiger partial charge in [0.05, 0.1) is 17.5 Å². The first kappa shape index (κ1) is 23.2. The molecule has 0 fully saturated rings. The monoisotopic (exact) mass is 425 g/mol. The van der Waals surface area contributed by atoms with Crippen molar-refractivity contribution >= 4 is 29.2 Å². The number of ether oxygens (including phenoxy) is 2. The Morgan fingerprint density at radius 1 is 1.21 bits per heavy atom. The van der Waals surface area contributed by atoms with Gasteiger partial charge in [-0.3, -0.25) is 4.79 Å². The summed E-state index contributed by atoms with van der Waals surface area (Å²) in [4.78, 5) is 26.8. The van der Waals surface area contributed by atoms with Crippen molar-refractivity contribution in [2.45, 2.75) is 47.1 Å². The zero-order valence-corrected chi connectivity index (χ0v) is 18.6. The molecule has 1 amide bonds. The van der Waals surface area contributed by atoms with E-state index >= 15 is 0 Å². The van der Waals surface area contributed by atoms with Crippen LogP contribution in [0.25, 0.3) is 5.57 Å². The van der Waals surface area contributed by atoms with E-state index in [4.69, 9.17) is 21.1 Å². The van der Waals surface area contributed by atoms with Gasteiger partial charge in [-0.2, -0.15) is 0 Å². The van der Waals surface area contributed by atoms with E-state index in [0.717, 1.165) is 0 Å². The van der Waals surface area contributed by atoms with Crippen LogP contribution >= 0.6 is 11.6 Å². The quantitative estimate of drug-likeness (QED) is 0.615. The molecule has 0 spiro atoms. The summed E-state index contributed by atoms with van der Waals surface area (Å²) in [7, 11) is 0. The maximum atomic E-state index is 13.6. The lowest BCUT2D eigenvalue weighted by Crippen LogP contribution is -2.44. The summed E-state index contributed by atoms with van der Waals surface area (Å²) < 4.78 is 24.5. The first-order valence-corrected chi connectivity index (χ1v) is 9.95. The highest BCUT2D eigenvalue weighted by molar-refractivity contribution is 6.30. The largest absolute Gasteiger partial charge is 0.465 e. The molecular formula is C22H29ClFNO4. The highest BCUT2D eigenvalue weighted by Gasteiger charge is 2.35. The van der Waals surface area contributed by atoms with Gasteiger partial charge in [0.25, 0.3) is 0 Å². The number of hydrogen-bond donors (Lipinski definition) is 0. The number of benzene rings is 1. The standard InChI is InChI=1S/C22H29ClFNO4/c1-21(2,3)13-28-19(26)16-12-25(20(27)29-22(4,5)6)10-9-15(16)14-7-8-18(24)17(23)11-14/h7-9,11,16H,10,12-13H2,1-6H3/t16-/m0/s1. The van der Waals surface area contributed by atoms with Crippen molar-refractivity contribution in [2.24, 2.45) is 11.3 Å². The summed E-state index contributed by atoms with van der Waals surface area (Å²) in [6.45, 7) is 11.9. The lowest BCUT2D eigenvalue weighted by Gasteiger charge is -2.34. The molecule has 0 N–H and O–H groups in total. The lowest BCUT2D eigenvalue weighted by molar-refractivity contribution is -0.149. The van der Waals surface area contributed by atoms with Gasteiger partial charge in [0.1, 0.15) is 11.4 Å². The predicted octanol–water partition coefficient (Wildman–Crippen LogP) is 5.32. The van der Waals surface area contributed by atoms with Gasteiger partial charge < -0.3 is 14.4 Å². The van der Waals surface area contributed by atoms with E-state index in [0.29, 0.717) is 11.1 Å². The summed E-state index contributed by atoms with van der Waals surface area (Å²) in [5, 5.41) is -0.0280. The molecule has 1 atom stereocenters. The zero-order chi connectivity index (χ0) is 22.0. The van der Waals surface area contributed by atoms with Gasteiger partial charge >= 0.3 is 12.1 Å². The molecule has 0 saturated heterocycles. The van der Waals surface area contributed by atoms with Gasteiger partial charge in [0.2, 0.25) is 0 Å². The molecule has 0 saturated carbocycles. The average Bonchev–Trinajstić information content (AvgIpc) is 2.59. The average molecular weight is 426 g/mol. The Hall–Kier alpha value is -2.08. The molecule has 1 aromatic rings. The molecule has 1 aliphatic heterocycles. The molecule has 0 bridgehead atoms. The second-order valence-electron chi connectivity index (χ2n) is 9.39. The van der Waals surface area contributed by atoms with E-state index in [-0.39, 0.29) is 30.1 Å². The summed E-state index contributed by atoms with van der Waals surface area (Å²) in [6.07, 6.45) is 1.26. The normalized spacial score (nSPS) is 17.6. The zero-order valence-electron chi connectivity index (χ0n) is 17.8. The van der Waals surface area contributed by atoms with Gasteiger partial charge in [0.15, 0.2) is 0 Å². The molecular weight excluding hydrogens is 397 g/mol. The number of rotatable bonds is 3. The van der Waals surface area contributed by atoms with Crippen LogP contribution < -0.4 is 0 Å². The van der Waals surface area contributed by atoms with Gasteiger partial charge in [-0.1, -0.05) is 44.5 Å². The summed E-state index contributed by atoms with van der Waals surface area (Å²) >= 11 is 5.93. The Morgan fingerprint density at radius 2 is 1.86 bits per heavy atom. The summed E-state index contributed by atoms with van der Waals surface area (Å²) in [5.41, 5.74) is 0.440. The van der Waals surface area contributed by atoms with Crippen LogP contribution in [0, 0.1) is 17.2 Å². The third-order valence-electron chi connectivity index (χ3n) is 4.15. The number of esters is 1. The van der Waals surface area contributed by atoms with Crippen molar-refractivity contribution in [2.75, 3.05) is 19.7 Å². The van der Waals surface area contributed by atoms with Crippen molar-refractivity contribution in [3.63, 3.8) is 0 Å². The van der Waals surface area contributed by atoms with Crippen LogP contribution in [0.1, 0.15) is 47.1 Å². The number of carbonyl (C=O) groups excluding carboxylic acids is 2. The van der Waals surface area contributed by atoms with Crippen molar-refractivity contribution in [1.29, 1.82) is 0 Å². The van der Waals surface area contributed by atoms with Crippen molar-refractivity contribution in [3.05, 3.63) is 40.7 Å². The fourth-order valence-electron chi connectivity index (χ4n) is 2.80. The molecule has 1 aliphatic rings. The summed E-state index contributed by atoms with van der Waals surface area (Å²) in [6, 6.07) is 4.31. The molecule has 2 rings (SSSR count). The van der Waals surface area contributed by atoms with Crippen LogP contribution in [0.2, 0.25) is 5.02 Å². The SMILES string of the molecule is CC(C)(C)COC(=O)[C@H]1CN(C(=O)OC(C)(C)C)CC=C1c1ccc(F)c(Cl)c1. The Kier molecular flexibility index (Phi) is 6.99. The molecule has 1 heterocycles. The molecule has 1 aromatic carbocycles. The molecule has 5 nitrogen and oxygen atoms in total. The minimum atomic E-state index is -0.722. The molecule has 0 unspecified atom stereocenters. The first-order chi connectivity index (χ1) is 13.3. The third-order valence-corrected chi connectivity index (χ3v) is 4.44. The van der Waals surface area contributed by atoms with E-state index in [1.165, 1.54) is 17.0 Å². The molecule has 160 valence electrons. The Balaban J connectivity index is 2.31. The van der Waals surface area contributed by atoms with Crippen LogP contribution in [0.5, 0.6) is 0 Å². The minimum absolute atomic E-state index is 0.0280. The lowest BCUT2D eigenvalue weighted by atomic mass is 9.89. The van der Waals surface area contributed by atoms with E-state index < -0.39 is 29.4 Å². The maximum absolute atomic E-state index is 13.6. The van der Waals surface area contributed by atoms with E-state index in [1.54, 1.807) is 32.9 Å². The van der Waals surface area contributed by atoms with E-state index in [9.17, 15) is 14.0 Å². The van der Waals surface area contributed by atoms with Crippen LogP contribution in [0.15, 0.2) is 24.3 Å². The first-order valence-electron chi connectivity index (χ1n) is 9.57. The van der Waals surface area contributed by atoms with E-state index in [1.807, 2.05) is 20.8 Å². The molecule has 0 radical (unpaired) electrons. The second-order valence-corrected chi connectivity index (χ2v) is 9.80. The fraction of sp³-hybridized carbons (Fsp3) is 0.545. The number of nitrogens with zero attached hydrogens (tertiary/aromatic N) is 1. The van der Waals surface area contributed by atoms with Crippen LogP contribution in [0.3, 0.4) is 0 Å². The Labute approximate surface area is 176 Å². The summed E-state index contributed by atoms with van der Waals surface area (Å²) in [5.74, 6) is -1.70. The third kappa shape index (κ3) is 6.74. The molecule has 29 heavy (non-hydrogen) atoms. The smallest absolute Gasteiger partial charge is 0.410 e. The number of carbonyl (C=O) groups is 2. The topological polar surface area (TPSA) is 55.8 Å². The van der Waals surface area contributed by atoms with Crippen LogP contribution in [-0.2, 0) is 14.3 Å². The van der Waals surface area contributed by atoms with Crippen molar-refractivity contribution < 1.29 is 23.5 Å².